The van der Waals surface area contributed by atoms with Crippen molar-refractivity contribution in [1.29, 1.82) is 0 Å². The van der Waals surface area contributed by atoms with Gasteiger partial charge in [0.15, 0.2) is 0 Å². The number of amides is 1. The molecule has 2 aromatic heterocycles. The Labute approximate surface area is 180 Å². The summed E-state index contributed by atoms with van der Waals surface area (Å²) in [6, 6.07) is 16.1. The Hall–Kier alpha value is -3.94. The highest BCUT2D eigenvalue weighted by Crippen LogP contribution is 2.29. The summed E-state index contributed by atoms with van der Waals surface area (Å²) < 4.78 is 38.0. The number of halogens is 3. The maximum atomic E-state index is 12.7. The van der Waals surface area contributed by atoms with Crippen molar-refractivity contribution in [3.63, 3.8) is 0 Å². The van der Waals surface area contributed by atoms with Gasteiger partial charge in [0, 0.05) is 40.3 Å². The Morgan fingerprint density at radius 3 is 2.34 bits per heavy atom. The minimum atomic E-state index is -4.49. The molecule has 2 heterocycles. The zero-order valence-corrected chi connectivity index (χ0v) is 17.0. The molecular formula is C24H18F3N3O2. The van der Waals surface area contributed by atoms with E-state index >= 15 is 0 Å². The molecule has 0 radical (unpaired) electrons. The first-order chi connectivity index (χ1) is 15.2. The standard InChI is InChI=1S/C24H18F3N3O2/c1-14-18-4-2-3-5-20(18)30-23(32)19(14)13-29-22(31)16-8-6-15(7-9-16)17-10-11-21(28-12-17)24(25,26)27/h2-12H,13H2,1H3,(H,29,31)(H,30,32). The van der Waals surface area contributed by atoms with Gasteiger partial charge in [-0.3, -0.25) is 14.6 Å². The third kappa shape index (κ3) is 4.25. The number of benzene rings is 2. The Kier molecular flexibility index (Phi) is 5.52. The van der Waals surface area contributed by atoms with Gasteiger partial charge in [-0.1, -0.05) is 36.4 Å². The van der Waals surface area contributed by atoms with Gasteiger partial charge >= 0.3 is 6.18 Å². The smallest absolute Gasteiger partial charge is 0.348 e. The molecule has 1 amide bonds. The van der Waals surface area contributed by atoms with E-state index in [0.717, 1.165) is 28.7 Å². The number of nitrogens with zero attached hydrogens (tertiary/aromatic N) is 1. The number of pyridine rings is 2. The Bertz CT molecular complexity index is 1340. The van der Waals surface area contributed by atoms with E-state index in [9.17, 15) is 22.8 Å². The second-order valence-electron chi connectivity index (χ2n) is 7.29. The van der Waals surface area contributed by atoms with Crippen LogP contribution in [0.1, 0.15) is 27.2 Å². The van der Waals surface area contributed by atoms with Crippen LogP contribution in [0.2, 0.25) is 0 Å². The van der Waals surface area contributed by atoms with E-state index in [-0.39, 0.29) is 18.0 Å². The molecule has 0 unspecified atom stereocenters. The number of aromatic nitrogens is 2. The summed E-state index contributed by atoms with van der Waals surface area (Å²) in [6.07, 6.45) is -3.35. The summed E-state index contributed by atoms with van der Waals surface area (Å²) in [7, 11) is 0. The van der Waals surface area contributed by atoms with Crippen LogP contribution < -0.4 is 10.9 Å². The fraction of sp³-hybridized carbons (Fsp3) is 0.125. The maximum absolute atomic E-state index is 12.7. The van der Waals surface area contributed by atoms with Gasteiger partial charge in [-0.2, -0.15) is 13.2 Å². The lowest BCUT2D eigenvalue weighted by atomic mass is 10.0. The number of alkyl halides is 3. The number of fused-ring (bicyclic) bond motifs is 1. The minimum Gasteiger partial charge on any atom is -0.348 e. The largest absolute Gasteiger partial charge is 0.433 e. The SMILES string of the molecule is Cc1c(CNC(=O)c2ccc(-c3ccc(C(F)(F)F)nc3)cc2)c(=O)[nH]c2ccccc12. The summed E-state index contributed by atoms with van der Waals surface area (Å²) in [5.74, 6) is -0.367. The van der Waals surface area contributed by atoms with Crippen LogP contribution in [0.4, 0.5) is 13.2 Å². The van der Waals surface area contributed by atoms with Gasteiger partial charge in [-0.05, 0) is 42.3 Å². The molecule has 0 fully saturated rings. The second kappa shape index (κ2) is 8.30. The number of aryl methyl sites for hydroxylation is 1. The number of nitrogens with one attached hydrogen (secondary N) is 2. The van der Waals surface area contributed by atoms with Crippen LogP contribution >= 0.6 is 0 Å². The summed E-state index contributed by atoms with van der Waals surface area (Å²) >= 11 is 0. The highest BCUT2D eigenvalue weighted by atomic mass is 19.4. The van der Waals surface area contributed by atoms with Gasteiger partial charge in [0.25, 0.3) is 11.5 Å². The molecule has 32 heavy (non-hydrogen) atoms. The lowest BCUT2D eigenvalue weighted by Crippen LogP contribution is -2.27. The monoisotopic (exact) mass is 437 g/mol. The number of aromatic amines is 1. The topological polar surface area (TPSA) is 74.8 Å². The molecule has 4 aromatic rings. The fourth-order valence-corrected chi connectivity index (χ4v) is 3.48. The van der Waals surface area contributed by atoms with Gasteiger partial charge < -0.3 is 10.3 Å². The van der Waals surface area contributed by atoms with Crippen molar-refractivity contribution in [3.8, 4) is 11.1 Å². The van der Waals surface area contributed by atoms with Crippen LogP contribution in [0.25, 0.3) is 22.0 Å². The molecule has 0 bridgehead atoms. The van der Waals surface area contributed by atoms with Crippen molar-refractivity contribution in [2.75, 3.05) is 0 Å². The molecule has 8 heteroatoms. The molecule has 0 aliphatic carbocycles. The number of hydrogen-bond donors (Lipinski definition) is 2. The fourth-order valence-electron chi connectivity index (χ4n) is 3.48. The predicted molar refractivity (Wildman–Crippen MR) is 115 cm³/mol. The van der Waals surface area contributed by atoms with Crippen LogP contribution in [-0.2, 0) is 12.7 Å². The van der Waals surface area contributed by atoms with E-state index in [0.29, 0.717) is 22.3 Å². The normalized spacial score (nSPS) is 11.5. The van der Waals surface area contributed by atoms with Crippen molar-refractivity contribution in [3.05, 3.63) is 99.6 Å². The molecule has 2 aromatic carbocycles. The quantitative estimate of drug-likeness (QED) is 0.480. The molecule has 2 N–H and O–H groups in total. The predicted octanol–water partition coefficient (Wildman–Crippen LogP) is 4.85. The first-order valence-corrected chi connectivity index (χ1v) is 9.76. The number of carbonyl (C=O) groups is 1. The summed E-state index contributed by atoms with van der Waals surface area (Å²) in [5, 5.41) is 3.66. The summed E-state index contributed by atoms with van der Waals surface area (Å²) in [6.45, 7) is 1.90. The highest BCUT2D eigenvalue weighted by Gasteiger charge is 2.32. The van der Waals surface area contributed by atoms with Gasteiger partial charge in [-0.15, -0.1) is 0 Å². The van der Waals surface area contributed by atoms with Crippen molar-refractivity contribution in [1.82, 2.24) is 15.3 Å². The van der Waals surface area contributed by atoms with Crippen LogP contribution in [0.3, 0.4) is 0 Å². The number of hydrogen-bond acceptors (Lipinski definition) is 3. The molecule has 0 spiro atoms. The minimum absolute atomic E-state index is 0.0649. The first kappa shape index (κ1) is 21.3. The molecule has 0 aliphatic heterocycles. The zero-order chi connectivity index (χ0) is 22.9. The Morgan fingerprint density at radius 2 is 1.69 bits per heavy atom. The lowest BCUT2D eigenvalue weighted by molar-refractivity contribution is -0.141. The van der Waals surface area contributed by atoms with Gasteiger partial charge in [0.05, 0.1) is 0 Å². The van der Waals surface area contributed by atoms with E-state index in [4.69, 9.17) is 0 Å². The third-order valence-electron chi connectivity index (χ3n) is 5.27. The average molecular weight is 437 g/mol. The molecular weight excluding hydrogens is 419 g/mol. The number of para-hydroxylation sites is 1. The van der Waals surface area contributed by atoms with Crippen molar-refractivity contribution >= 4 is 16.8 Å². The van der Waals surface area contributed by atoms with Crippen molar-refractivity contribution in [2.45, 2.75) is 19.6 Å². The first-order valence-electron chi connectivity index (χ1n) is 9.76. The van der Waals surface area contributed by atoms with E-state index in [1.54, 1.807) is 24.3 Å². The van der Waals surface area contributed by atoms with Gasteiger partial charge in [0.2, 0.25) is 0 Å². The van der Waals surface area contributed by atoms with E-state index in [1.807, 2.05) is 31.2 Å². The summed E-state index contributed by atoms with van der Waals surface area (Å²) in [4.78, 5) is 31.2. The number of H-pyrrole nitrogens is 1. The molecule has 4 rings (SSSR count). The number of carbonyl (C=O) groups excluding carboxylic acids is 1. The molecule has 0 atom stereocenters. The number of rotatable bonds is 4. The van der Waals surface area contributed by atoms with Crippen LogP contribution in [0.5, 0.6) is 0 Å². The van der Waals surface area contributed by atoms with Crippen LogP contribution in [0.15, 0.2) is 71.7 Å². The van der Waals surface area contributed by atoms with E-state index in [1.165, 1.54) is 6.07 Å². The lowest BCUT2D eigenvalue weighted by Gasteiger charge is -2.10. The Morgan fingerprint density at radius 1 is 1.00 bits per heavy atom. The van der Waals surface area contributed by atoms with Crippen molar-refractivity contribution in [2.24, 2.45) is 0 Å². The Balaban J connectivity index is 1.48. The maximum Gasteiger partial charge on any atom is 0.433 e. The second-order valence-corrected chi connectivity index (χ2v) is 7.29. The van der Waals surface area contributed by atoms with Crippen molar-refractivity contribution < 1.29 is 18.0 Å². The molecule has 162 valence electrons. The highest BCUT2D eigenvalue weighted by molar-refractivity contribution is 5.94. The van der Waals surface area contributed by atoms with Crippen LogP contribution in [0, 0.1) is 6.92 Å². The average Bonchev–Trinajstić information content (AvgIpc) is 2.78. The molecule has 5 nitrogen and oxygen atoms in total. The zero-order valence-electron chi connectivity index (χ0n) is 17.0. The summed E-state index contributed by atoms with van der Waals surface area (Å²) in [5.41, 5.74) is 2.29. The molecule has 0 saturated heterocycles. The molecule has 0 aliphatic rings. The third-order valence-corrected chi connectivity index (χ3v) is 5.27. The van der Waals surface area contributed by atoms with Crippen LogP contribution in [-0.4, -0.2) is 15.9 Å². The van der Waals surface area contributed by atoms with Gasteiger partial charge in [-0.25, -0.2) is 0 Å². The molecule has 0 saturated carbocycles. The van der Waals surface area contributed by atoms with Gasteiger partial charge in [0.1, 0.15) is 5.69 Å². The van der Waals surface area contributed by atoms with E-state index in [2.05, 4.69) is 15.3 Å². The van der Waals surface area contributed by atoms with E-state index < -0.39 is 11.9 Å².